The van der Waals surface area contributed by atoms with E-state index in [9.17, 15) is 22.8 Å². The summed E-state index contributed by atoms with van der Waals surface area (Å²) in [6.07, 6.45) is -5.34. The SMILES string of the molecule is CCN(c1ccc(NC(=O)Cn2nc(CC#N)cc(C(F)(F)F)c2=O)cc1)C(C)C. The van der Waals surface area contributed by atoms with Crippen LogP contribution in [0, 0.1) is 11.3 Å². The van der Waals surface area contributed by atoms with Gasteiger partial charge in [-0.05, 0) is 51.1 Å². The van der Waals surface area contributed by atoms with Crippen LogP contribution in [-0.4, -0.2) is 28.3 Å². The minimum absolute atomic E-state index is 0.241. The Morgan fingerprint density at radius 3 is 2.43 bits per heavy atom. The lowest BCUT2D eigenvalue weighted by atomic mass is 10.2. The molecule has 0 atom stereocenters. The molecular weight excluding hydrogens is 399 g/mol. The summed E-state index contributed by atoms with van der Waals surface area (Å²) in [7, 11) is 0. The molecule has 2 aromatic rings. The molecule has 0 aliphatic heterocycles. The van der Waals surface area contributed by atoms with E-state index < -0.39 is 36.2 Å². The maximum Gasteiger partial charge on any atom is 0.421 e. The molecule has 1 aromatic heterocycles. The van der Waals surface area contributed by atoms with Gasteiger partial charge in [0.05, 0.1) is 18.2 Å². The molecule has 1 amide bonds. The summed E-state index contributed by atoms with van der Waals surface area (Å²) in [6.45, 7) is 6.23. The smallest absolute Gasteiger partial charge is 0.369 e. The average molecular weight is 421 g/mol. The molecule has 0 saturated carbocycles. The van der Waals surface area contributed by atoms with E-state index >= 15 is 0 Å². The van der Waals surface area contributed by atoms with Crippen LogP contribution in [0.5, 0.6) is 0 Å². The lowest BCUT2D eigenvalue weighted by molar-refractivity contribution is -0.139. The highest BCUT2D eigenvalue weighted by molar-refractivity contribution is 5.90. The quantitative estimate of drug-likeness (QED) is 0.741. The van der Waals surface area contributed by atoms with Crippen molar-refractivity contribution in [3.8, 4) is 6.07 Å². The first-order valence-electron chi connectivity index (χ1n) is 9.28. The van der Waals surface area contributed by atoms with Gasteiger partial charge in [0.15, 0.2) is 0 Å². The van der Waals surface area contributed by atoms with E-state index in [4.69, 9.17) is 5.26 Å². The summed E-state index contributed by atoms with van der Waals surface area (Å²) in [6, 6.07) is 9.48. The Morgan fingerprint density at radius 1 is 1.30 bits per heavy atom. The van der Waals surface area contributed by atoms with Crippen molar-refractivity contribution in [3.05, 3.63) is 51.9 Å². The zero-order chi connectivity index (χ0) is 22.5. The molecule has 0 aliphatic rings. The summed E-state index contributed by atoms with van der Waals surface area (Å²) in [5.41, 5.74) is -1.75. The van der Waals surface area contributed by atoms with Crippen LogP contribution in [0.3, 0.4) is 0 Å². The predicted molar refractivity (Wildman–Crippen MR) is 106 cm³/mol. The normalized spacial score (nSPS) is 11.3. The molecule has 0 fully saturated rings. The number of alkyl halides is 3. The van der Waals surface area contributed by atoms with Crippen LogP contribution in [0.1, 0.15) is 32.0 Å². The topological polar surface area (TPSA) is 91.0 Å². The van der Waals surface area contributed by atoms with Gasteiger partial charge in [-0.1, -0.05) is 0 Å². The highest BCUT2D eigenvalue weighted by Crippen LogP contribution is 2.26. The number of nitrogens with zero attached hydrogens (tertiary/aromatic N) is 4. The molecule has 2 rings (SSSR count). The Kier molecular flexibility index (Phi) is 7.21. The van der Waals surface area contributed by atoms with Gasteiger partial charge in [-0.3, -0.25) is 9.59 Å². The molecule has 1 heterocycles. The van der Waals surface area contributed by atoms with Gasteiger partial charge < -0.3 is 10.2 Å². The number of halogens is 3. The number of rotatable bonds is 7. The number of aromatic nitrogens is 2. The fourth-order valence-electron chi connectivity index (χ4n) is 2.99. The molecule has 0 bridgehead atoms. The number of hydrogen-bond acceptors (Lipinski definition) is 5. The van der Waals surface area contributed by atoms with E-state index in [1.165, 1.54) is 0 Å². The zero-order valence-corrected chi connectivity index (χ0v) is 16.8. The molecule has 30 heavy (non-hydrogen) atoms. The van der Waals surface area contributed by atoms with Gasteiger partial charge in [0.1, 0.15) is 12.1 Å². The van der Waals surface area contributed by atoms with Gasteiger partial charge in [-0.2, -0.15) is 23.5 Å². The van der Waals surface area contributed by atoms with Crippen LogP contribution >= 0.6 is 0 Å². The van der Waals surface area contributed by atoms with Gasteiger partial charge in [0.2, 0.25) is 5.91 Å². The monoisotopic (exact) mass is 421 g/mol. The molecule has 160 valence electrons. The van der Waals surface area contributed by atoms with Crippen LogP contribution in [-0.2, 0) is 23.9 Å². The third-order valence-corrected chi connectivity index (χ3v) is 4.33. The number of nitrogens with one attached hydrogen (secondary N) is 1. The molecule has 0 radical (unpaired) electrons. The highest BCUT2D eigenvalue weighted by Gasteiger charge is 2.35. The molecule has 0 spiro atoms. The number of nitriles is 1. The standard InChI is InChI=1S/C20H22F3N5O2/c1-4-27(13(2)3)16-7-5-14(6-8-16)25-18(29)12-28-19(30)17(20(21,22)23)11-15(26-28)9-10-24/h5-8,11,13H,4,9,12H2,1-3H3,(H,25,29). The molecule has 7 nitrogen and oxygen atoms in total. The Hall–Kier alpha value is -3.35. The summed E-state index contributed by atoms with van der Waals surface area (Å²) >= 11 is 0. The van der Waals surface area contributed by atoms with E-state index in [1.807, 2.05) is 19.1 Å². The second kappa shape index (κ2) is 9.43. The first kappa shape index (κ1) is 22.9. The summed E-state index contributed by atoms with van der Waals surface area (Å²) in [5.74, 6) is -0.712. The van der Waals surface area contributed by atoms with Crippen molar-refractivity contribution in [2.75, 3.05) is 16.8 Å². The summed E-state index contributed by atoms with van der Waals surface area (Å²) < 4.78 is 39.7. The van der Waals surface area contributed by atoms with Crippen molar-refractivity contribution in [1.29, 1.82) is 5.26 Å². The average Bonchev–Trinajstić information content (AvgIpc) is 2.65. The lowest BCUT2D eigenvalue weighted by Gasteiger charge is -2.27. The summed E-state index contributed by atoms with van der Waals surface area (Å²) in [4.78, 5) is 26.5. The second-order valence-corrected chi connectivity index (χ2v) is 6.82. The van der Waals surface area contributed by atoms with Gasteiger partial charge in [0.25, 0.3) is 5.56 Å². The fraction of sp³-hybridized carbons (Fsp3) is 0.400. The number of benzene rings is 1. The maximum atomic E-state index is 13.1. The van der Waals surface area contributed by atoms with Gasteiger partial charge in [-0.15, -0.1) is 0 Å². The van der Waals surface area contributed by atoms with Gasteiger partial charge >= 0.3 is 6.18 Å². The molecule has 10 heteroatoms. The predicted octanol–water partition coefficient (Wildman–Crippen LogP) is 3.20. The van der Waals surface area contributed by atoms with Crippen LogP contribution in [0.15, 0.2) is 35.1 Å². The number of hydrogen-bond donors (Lipinski definition) is 1. The van der Waals surface area contributed by atoms with Crippen molar-refractivity contribution < 1.29 is 18.0 Å². The molecule has 1 N–H and O–H groups in total. The van der Waals surface area contributed by atoms with E-state index in [-0.39, 0.29) is 11.7 Å². The Labute approximate surface area is 171 Å². The number of carbonyl (C=O) groups excluding carboxylic acids is 1. The zero-order valence-electron chi connectivity index (χ0n) is 16.8. The summed E-state index contributed by atoms with van der Waals surface area (Å²) in [5, 5.41) is 15.0. The van der Waals surface area contributed by atoms with Crippen LogP contribution in [0.4, 0.5) is 24.5 Å². The van der Waals surface area contributed by atoms with Crippen molar-refractivity contribution in [2.45, 2.75) is 46.0 Å². The number of anilines is 2. The molecular formula is C20H22F3N5O2. The third-order valence-electron chi connectivity index (χ3n) is 4.33. The van der Waals surface area contributed by atoms with E-state index in [0.717, 1.165) is 12.2 Å². The number of carbonyl (C=O) groups is 1. The van der Waals surface area contributed by atoms with Crippen LogP contribution in [0.2, 0.25) is 0 Å². The second-order valence-electron chi connectivity index (χ2n) is 6.82. The maximum absolute atomic E-state index is 13.1. The van der Waals surface area contributed by atoms with Crippen molar-refractivity contribution in [2.24, 2.45) is 0 Å². The van der Waals surface area contributed by atoms with E-state index in [2.05, 4.69) is 29.2 Å². The van der Waals surface area contributed by atoms with E-state index in [1.54, 1.807) is 18.2 Å². The minimum Gasteiger partial charge on any atom is -0.369 e. The van der Waals surface area contributed by atoms with Crippen molar-refractivity contribution in [3.63, 3.8) is 0 Å². The molecule has 0 aliphatic carbocycles. The minimum atomic E-state index is -4.92. The van der Waals surface area contributed by atoms with Crippen molar-refractivity contribution >= 4 is 17.3 Å². The lowest BCUT2D eigenvalue weighted by Crippen LogP contribution is -2.35. The van der Waals surface area contributed by atoms with Gasteiger partial charge in [0, 0.05) is 24.0 Å². The van der Waals surface area contributed by atoms with Crippen molar-refractivity contribution in [1.82, 2.24) is 9.78 Å². The highest BCUT2D eigenvalue weighted by atomic mass is 19.4. The Balaban J connectivity index is 2.21. The Bertz CT molecular complexity index is 991. The molecule has 1 aromatic carbocycles. The van der Waals surface area contributed by atoms with Gasteiger partial charge in [-0.25, -0.2) is 4.68 Å². The number of amides is 1. The third kappa shape index (κ3) is 5.59. The first-order chi connectivity index (χ1) is 14.1. The molecule has 0 unspecified atom stereocenters. The fourth-order valence-corrected chi connectivity index (χ4v) is 2.99. The van der Waals surface area contributed by atoms with Crippen LogP contribution in [0.25, 0.3) is 0 Å². The van der Waals surface area contributed by atoms with E-state index in [0.29, 0.717) is 16.4 Å². The van der Waals surface area contributed by atoms with Crippen LogP contribution < -0.4 is 15.8 Å². The largest absolute Gasteiger partial charge is 0.421 e. The molecule has 0 saturated heterocycles. The first-order valence-corrected chi connectivity index (χ1v) is 9.28. The Morgan fingerprint density at radius 2 is 1.93 bits per heavy atom.